The normalized spacial score (nSPS) is 29.6. The molecule has 1 aliphatic carbocycles. The maximum absolute atomic E-state index is 6.33. The van der Waals surface area contributed by atoms with E-state index in [0.29, 0.717) is 0 Å². The number of rotatable bonds is 5. The summed E-state index contributed by atoms with van der Waals surface area (Å²) in [5, 5.41) is 0. The molecular weight excluding hydrogens is 212 g/mol. The molecule has 1 heterocycles. The Bertz CT molecular complexity index is 214. The summed E-state index contributed by atoms with van der Waals surface area (Å²) in [6.07, 6.45) is 8.26. The maximum atomic E-state index is 6.33. The van der Waals surface area contributed by atoms with Gasteiger partial charge in [-0.1, -0.05) is 32.6 Å². The van der Waals surface area contributed by atoms with Gasteiger partial charge in [-0.3, -0.25) is 4.90 Å². The monoisotopic (exact) mass is 240 g/mol. The first kappa shape index (κ1) is 13.3. The average Bonchev–Trinajstić information content (AvgIpc) is 2.83. The second-order valence-corrected chi connectivity index (χ2v) is 5.76. The molecule has 0 spiro atoms. The molecule has 2 atom stereocenters. The van der Waals surface area contributed by atoms with Gasteiger partial charge < -0.3 is 10.5 Å². The molecule has 0 aromatic rings. The van der Waals surface area contributed by atoms with Crippen LogP contribution in [0.5, 0.6) is 0 Å². The van der Waals surface area contributed by atoms with Gasteiger partial charge in [0.2, 0.25) is 0 Å². The predicted octanol–water partition coefficient (Wildman–Crippen LogP) is 2.00. The van der Waals surface area contributed by atoms with Crippen LogP contribution in [0.2, 0.25) is 0 Å². The van der Waals surface area contributed by atoms with Crippen molar-refractivity contribution in [2.24, 2.45) is 11.7 Å². The fourth-order valence-electron chi connectivity index (χ4n) is 3.29. The van der Waals surface area contributed by atoms with Gasteiger partial charge in [0.25, 0.3) is 0 Å². The highest BCUT2D eigenvalue weighted by Gasteiger charge is 2.28. The lowest BCUT2D eigenvalue weighted by Crippen LogP contribution is -2.51. The molecule has 0 bridgehead atoms. The second-order valence-electron chi connectivity index (χ2n) is 5.76. The van der Waals surface area contributed by atoms with Gasteiger partial charge in [0.15, 0.2) is 0 Å². The predicted molar refractivity (Wildman–Crippen MR) is 71.0 cm³/mol. The van der Waals surface area contributed by atoms with Crippen LogP contribution in [0.3, 0.4) is 0 Å². The molecule has 0 amide bonds. The zero-order valence-electron chi connectivity index (χ0n) is 11.2. The Hall–Kier alpha value is -0.120. The third-order valence-corrected chi connectivity index (χ3v) is 4.28. The number of nitrogens with zero attached hydrogens (tertiary/aromatic N) is 1. The van der Waals surface area contributed by atoms with E-state index in [1.807, 2.05) is 0 Å². The average molecular weight is 240 g/mol. The topological polar surface area (TPSA) is 38.5 Å². The summed E-state index contributed by atoms with van der Waals surface area (Å²) in [5.41, 5.74) is 6.33. The number of morpholine rings is 1. The number of hydrogen-bond acceptors (Lipinski definition) is 3. The number of ether oxygens (including phenoxy) is 1. The summed E-state index contributed by atoms with van der Waals surface area (Å²) < 4.78 is 5.86. The van der Waals surface area contributed by atoms with Gasteiger partial charge in [-0.05, 0) is 25.3 Å². The van der Waals surface area contributed by atoms with Crippen LogP contribution >= 0.6 is 0 Å². The van der Waals surface area contributed by atoms with Crippen LogP contribution in [0.15, 0.2) is 0 Å². The molecule has 1 saturated heterocycles. The molecule has 0 aromatic carbocycles. The van der Waals surface area contributed by atoms with E-state index in [9.17, 15) is 0 Å². The van der Waals surface area contributed by atoms with Gasteiger partial charge in [0.05, 0.1) is 12.7 Å². The van der Waals surface area contributed by atoms with Crippen LogP contribution in [0, 0.1) is 5.92 Å². The SMILES string of the molecule is CCCN1CCOC(C(N)CC2CCCC2)C1. The van der Waals surface area contributed by atoms with Crippen molar-refractivity contribution in [1.82, 2.24) is 4.90 Å². The van der Waals surface area contributed by atoms with E-state index in [-0.39, 0.29) is 12.1 Å². The van der Waals surface area contributed by atoms with Crippen molar-refractivity contribution in [1.29, 1.82) is 0 Å². The molecule has 17 heavy (non-hydrogen) atoms. The molecule has 2 fully saturated rings. The standard InChI is InChI=1S/C14H28N2O/c1-2-7-16-8-9-17-14(11-16)13(15)10-12-5-3-4-6-12/h12-14H,2-11,15H2,1H3. The molecule has 1 saturated carbocycles. The zero-order chi connectivity index (χ0) is 12.1. The van der Waals surface area contributed by atoms with Gasteiger partial charge in [0.1, 0.15) is 0 Å². The molecule has 100 valence electrons. The summed E-state index contributed by atoms with van der Waals surface area (Å²) in [5.74, 6) is 0.871. The number of hydrogen-bond donors (Lipinski definition) is 1. The molecule has 1 aliphatic heterocycles. The Morgan fingerprint density at radius 1 is 1.35 bits per heavy atom. The van der Waals surface area contributed by atoms with E-state index in [2.05, 4.69) is 11.8 Å². The van der Waals surface area contributed by atoms with Crippen molar-refractivity contribution in [3.8, 4) is 0 Å². The number of nitrogens with two attached hydrogens (primary N) is 1. The first-order chi connectivity index (χ1) is 8.29. The molecule has 2 N–H and O–H groups in total. The molecule has 3 heteroatoms. The first-order valence-electron chi connectivity index (χ1n) is 7.39. The Morgan fingerprint density at radius 2 is 2.12 bits per heavy atom. The maximum Gasteiger partial charge on any atom is 0.0853 e. The fourth-order valence-corrected chi connectivity index (χ4v) is 3.29. The Labute approximate surface area is 106 Å². The second kappa shape index (κ2) is 6.72. The minimum atomic E-state index is 0.248. The third-order valence-electron chi connectivity index (χ3n) is 4.28. The molecule has 0 radical (unpaired) electrons. The minimum Gasteiger partial charge on any atom is -0.374 e. The molecule has 3 nitrogen and oxygen atoms in total. The van der Waals surface area contributed by atoms with E-state index >= 15 is 0 Å². The van der Waals surface area contributed by atoms with Crippen molar-refractivity contribution in [2.45, 2.75) is 57.6 Å². The molecule has 2 rings (SSSR count). The lowest BCUT2D eigenvalue weighted by Gasteiger charge is -2.36. The van der Waals surface area contributed by atoms with Crippen LogP contribution in [0.1, 0.15) is 45.4 Å². The van der Waals surface area contributed by atoms with Crippen molar-refractivity contribution < 1.29 is 4.74 Å². The van der Waals surface area contributed by atoms with Crippen molar-refractivity contribution >= 4 is 0 Å². The fraction of sp³-hybridized carbons (Fsp3) is 1.00. The molecule has 2 unspecified atom stereocenters. The van der Waals surface area contributed by atoms with E-state index in [1.165, 1.54) is 45.1 Å². The highest BCUT2D eigenvalue weighted by atomic mass is 16.5. The molecule has 2 aliphatic rings. The smallest absolute Gasteiger partial charge is 0.0853 e. The summed E-state index contributed by atoms with van der Waals surface area (Å²) in [6.45, 7) is 6.42. The van der Waals surface area contributed by atoms with Crippen molar-refractivity contribution in [3.63, 3.8) is 0 Å². The molecule has 0 aromatic heterocycles. The zero-order valence-corrected chi connectivity index (χ0v) is 11.2. The van der Waals surface area contributed by atoms with E-state index in [1.54, 1.807) is 0 Å². The van der Waals surface area contributed by atoms with Crippen LogP contribution in [0.4, 0.5) is 0 Å². The van der Waals surface area contributed by atoms with Gasteiger partial charge in [-0.2, -0.15) is 0 Å². The van der Waals surface area contributed by atoms with E-state index in [0.717, 1.165) is 25.6 Å². The van der Waals surface area contributed by atoms with Crippen LogP contribution < -0.4 is 5.73 Å². The van der Waals surface area contributed by atoms with Crippen LogP contribution in [0.25, 0.3) is 0 Å². The summed E-state index contributed by atoms with van der Waals surface area (Å²) in [6, 6.07) is 0.248. The lowest BCUT2D eigenvalue weighted by molar-refractivity contribution is -0.0433. The van der Waals surface area contributed by atoms with Gasteiger partial charge in [-0.25, -0.2) is 0 Å². The Balaban J connectivity index is 1.75. The summed E-state index contributed by atoms with van der Waals surface area (Å²) in [4.78, 5) is 2.50. The van der Waals surface area contributed by atoms with Crippen molar-refractivity contribution in [2.75, 3.05) is 26.2 Å². The van der Waals surface area contributed by atoms with Gasteiger partial charge in [-0.15, -0.1) is 0 Å². The molecular formula is C14H28N2O. The summed E-state index contributed by atoms with van der Waals surface area (Å²) >= 11 is 0. The lowest BCUT2D eigenvalue weighted by atomic mass is 9.95. The Kier molecular flexibility index (Phi) is 5.26. The minimum absolute atomic E-state index is 0.248. The Morgan fingerprint density at radius 3 is 2.82 bits per heavy atom. The highest BCUT2D eigenvalue weighted by Crippen LogP contribution is 2.29. The van der Waals surface area contributed by atoms with E-state index in [4.69, 9.17) is 10.5 Å². The largest absolute Gasteiger partial charge is 0.374 e. The first-order valence-corrected chi connectivity index (χ1v) is 7.39. The van der Waals surface area contributed by atoms with Crippen LogP contribution in [-0.4, -0.2) is 43.3 Å². The quantitative estimate of drug-likeness (QED) is 0.799. The summed E-state index contributed by atoms with van der Waals surface area (Å²) in [7, 11) is 0. The van der Waals surface area contributed by atoms with Gasteiger partial charge in [0, 0.05) is 19.1 Å². The van der Waals surface area contributed by atoms with E-state index < -0.39 is 0 Å². The van der Waals surface area contributed by atoms with Crippen LogP contribution in [-0.2, 0) is 4.74 Å². The van der Waals surface area contributed by atoms with Gasteiger partial charge >= 0.3 is 0 Å². The van der Waals surface area contributed by atoms with Crippen molar-refractivity contribution in [3.05, 3.63) is 0 Å². The third kappa shape index (κ3) is 3.94. The highest BCUT2D eigenvalue weighted by molar-refractivity contribution is 4.83.